The van der Waals surface area contributed by atoms with Crippen LogP contribution < -0.4 is 11.1 Å². The van der Waals surface area contributed by atoms with Crippen LogP contribution >= 0.6 is 0 Å². The monoisotopic (exact) mass is 236 g/mol. The van der Waals surface area contributed by atoms with Gasteiger partial charge in [-0.3, -0.25) is 0 Å². The standard InChI is InChI=1S/C12H20N4O/c1-4-17-10-5-9(12(10,2)3)16-11-14-6-8(13)7-15-11/h6-7,9-10H,4-5,13H2,1-3H3,(H,14,15,16). The molecule has 2 rings (SSSR count). The molecule has 2 unspecified atom stereocenters. The molecule has 1 aromatic heterocycles. The first-order valence-electron chi connectivity index (χ1n) is 5.99. The Morgan fingerprint density at radius 1 is 1.47 bits per heavy atom. The minimum Gasteiger partial charge on any atom is -0.396 e. The number of hydrogen-bond donors (Lipinski definition) is 2. The van der Waals surface area contributed by atoms with Gasteiger partial charge in [-0.2, -0.15) is 0 Å². The van der Waals surface area contributed by atoms with Crippen LogP contribution in [0.1, 0.15) is 27.2 Å². The van der Waals surface area contributed by atoms with Crippen LogP contribution in [0.25, 0.3) is 0 Å². The predicted octanol–water partition coefficient (Wildman–Crippen LogP) is 1.67. The second-order valence-electron chi connectivity index (χ2n) is 5.04. The third kappa shape index (κ3) is 2.34. The predicted molar refractivity (Wildman–Crippen MR) is 67.7 cm³/mol. The molecule has 0 radical (unpaired) electrons. The van der Waals surface area contributed by atoms with Crippen molar-refractivity contribution in [2.75, 3.05) is 17.7 Å². The van der Waals surface area contributed by atoms with E-state index in [-0.39, 0.29) is 5.41 Å². The average molecular weight is 236 g/mol. The lowest BCUT2D eigenvalue weighted by Crippen LogP contribution is -2.58. The lowest BCUT2D eigenvalue weighted by atomic mass is 9.64. The van der Waals surface area contributed by atoms with Crippen LogP contribution in [0.4, 0.5) is 11.6 Å². The van der Waals surface area contributed by atoms with Gasteiger partial charge in [0.1, 0.15) is 0 Å². The highest BCUT2D eigenvalue weighted by Crippen LogP contribution is 2.43. The average Bonchev–Trinajstić information content (AvgIpc) is 2.30. The number of hydrogen-bond acceptors (Lipinski definition) is 5. The smallest absolute Gasteiger partial charge is 0.222 e. The summed E-state index contributed by atoms with van der Waals surface area (Å²) >= 11 is 0. The minimum atomic E-state index is 0.112. The van der Waals surface area contributed by atoms with Crippen molar-refractivity contribution in [2.45, 2.75) is 39.3 Å². The maximum absolute atomic E-state index is 5.68. The summed E-state index contributed by atoms with van der Waals surface area (Å²) < 4.78 is 5.68. The fourth-order valence-electron chi connectivity index (χ4n) is 2.18. The lowest BCUT2D eigenvalue weighted by Gasteiger charge is -2.51. The maximum atomic E-state index is 5.68. The first-order chi connectivity index (χ1) is 8.04. The van der Waals surface area contributed by atoms with Crippen molar-refractivity contribution in [3.8, 4) is 0 Å². The van der Waals surface area contributed by atoms with Gasteiger partial charge in [0.25, 0.3) is 0 Å². The summed E-state index contributed by atoms with van der Waals surface area (Å²) in [6.07, 6.45) is 4.54. The number of nitrogens with two attached hydrogens (primary N) is 1. The molecule has 0 amide bonds. The van der Waals surface area contributed by atoms with E-state index in [0.717, 1.165) is 13.0 Å². The molecule has 1 fully saturated rings. The van der Waals surface area contributed by atoms with E-state index in [1.807, 2.05) is 6.92 Å². The summed E-state index contributed by atoms with van der Waals surface area (Å²) in [6.45, 7) is 7.19. The number of nitrogens with zero attached hydrogens (tertiary/aromatic N) is 2. The summed E-state index contributed by atoms with van der Waals surface area (Å²) in [6, 6.07) is 0.350. The van der Waals surface area contributed by atoms with E-state index in [9.17, 15) is 0 Å². The van der Waals surface area contributed by atoms with Crippen molar-refractivity contribution in [2.24, 2.45) is 5.41 Å². The molecule has 1 aliphatic rings. The Kier molecular flexibility index (Phi) is 3.19. The van der Waals surface area contributed by atoms with Gasteiger partial charge < -0.3 is 15.8 Å². The molecule has 0 aromatic carbocycles. The Hall–Kier alpha value is -1.36. The quantitative estimate of drug-likeness (QED) is 0.832. The zero-order chi connectivity index (χ0) is 12.5. The van der Waals surface area contributed by atoms with E-state index in [1.54, 1.807) is 12.4 Å². The van der Waals surface area contributed by atoms with E-state index >= 15 is 0 Å². The summed E-state index contributed by atoms with van der Waals surface area (Å²) in [5.74, 6) is 0.632. The highest BCUT2D eigenvalue weighted by molar-refractivity contribution is 5.37. The van der Waals surface area contributed by atoms with Crippen molar-refractivity contribution in [1.82, 2.24) is 9.97 Å². The first-order valence-corrected chi connectivity index (χ1v) is 5.99. The van der Waals surface area contributed by atoms with E-state index in [2.05, 4.69) is 29.1 Å². The highest BCUT2D eigenvalue weighted by atomic mass is 16.5. The van der Waals surface area contributed by atoms with E-state index < -0.39 is 0 Å². The third-order valence-electron chi connectivity index (χ3n) is 3.52. The summed E-state index contributed by atoms with van der Waals surface area (Å²) in [4.78, 5) is 8.30. The van der Waals surface area contributed by atoms with Crippen LogP contribution in [-0.2, 0) is 4.74 Å². The van der Waals surface area contributed by atoms with Gasteiger partial charge in [-0.1, -0.05) is 13.8 Å². The Labute approximate surface area is 102 Å². The van der Waals surface area contributed by atoms with Crippen LogP contribution in [0.5, 0.6) is 0 Å². The van der Waals surface area contributed by atoms with Gasteiger partial charge in [-0.15, -0.1) is 0 Å². The molecule has 2 atom stereocenters. The maximum Gasteiger partial charge on any atom is 0.222 e. The molecule has 1 saturated carbocycles. The number of rotatable bonds is 4. The van der Waals surface area contributed by atoms with Crippen molar-refractivity contribution >= 4 is 11.6 Å². The Morgan fingerprint density at radius 2 is 2.12 bits per heavy atom. The topological polar surface area (TPSA) is 73.1 Å². The number of nitrogens with one attached hydrogen (secondary N) is 1. The summed E-state index contributed by atoms with van der Waals surface area (Å²) in [5, 5.41) is 3.33. The van der Waals surface area contributed by atoms with Gasteiger partial charge >= 0.3 is 0 Å². The molecule has 1 aliphatic carbocycles. The highest BCUT2D eigenvalue weighted by Gasteiger charge is 2.49. The number of anilines is 2. The molecule has 1 heterocycles. The van der Waals surface area contributed by atoms with Crippen LogP contribution in [0.2, 0.25) is 0 Å². The molecule has 5 nitrogen and oxygen atoms in total. The zero-order valence-corrected chi connectivity index (χ0v) is 10.6. The molecular weight excluding hydrogens is 216 g/mol. The van der Waals surface area contributed by atoms with Crippen LogP contribution in [0.3, 0.4) is 0 Å². The molecule has 0 aliphatic heterocycles. The second kappa shape index (κ2) is 4.49. The van der Waals surface area contributed by atoms with Crippen molar-refractivity contribution in [3.05, 3.63) is 12.4 Å². The van der Waals surface area contributed by atoms with E-state index in [1.165, 1.54) is 0 Å². The normalized spacial score (nSPS) is 26.3. The van der Waals surface area contributed by atoms with Gasteiger partial charge in [-0.05, 0) is 13.3 Å². The second-order valence-corrected chi connectivity index (χ2v) is 5.04. The van der Waals surface area contributed by atoms with E-state index in [0.29, 0.717) is 23.8 Å². The van der Waals surface area contributed by atoms with Crippen LogP contribution in [0, 0.1) is 5.41 Å². The van der Waals surface area contributed by atoms with Gasteiger partial charge in [0, 0.05) is 18.1 Å². The van der Waals surface area contributed by atoms with Crippen LogP contribution in [-0.4, -0.2) is 28.7 Å². The molecule has 3 N–H and O–H groups in total. The van der Waals surface area contributed by atoms with Gasteiger partial charge in [-0.25, -0.2) is 9.97 Å². The Morgan fingerprint density at radius 3 is 2.65 bits per heavy atom. The number of ether oxygens (including phenoxy) is 1. The molecule has 0 spiro atoms. The van der Waals surface area contributed by atoms with Gasteiger partial charge in [0.15, 0.2) is 0 Å². The summed E-state index contributed by atoms with van der Waals surface area (Å²) in [5.41, 5.74) is 6.24. The van der Waals surface area contributed by atoms with Gasteiger partial charge in [0.05, 0.1) is 24.2 Å². The van der Waals surface area contributed by atoms with E-state index in [4.69, 9.17) is 10.5 Å². The molecule has 94 valence electrons. The number of nitrogen functional groups attached to an aromatic ring is 1. The van der Waals surface area contributed by atoms with Crippen molar-refractivity contribution in [3.63, 3.8) is 0 Å². The van der Waals surface area contributed by atoms with Crippen LogP contribution in [0.15, 0.2) is 12.4 Å². The third-order valence-corrected chi connectivity index (χ3v) is 3.52. The van der Waals surface area contributed by atoms with Gasteiger partial charge in [0.2, 0.25) is 5.95 Å². The fourth-order valence-corrected chi connectivity index (χ4v) is 2.18. The SMILES string of the molecule is CCOC1CC(Nc2ncc(N)cn2)C1(C)C. The fraction of sp³-hybridized carbons (Fsp3) is 0.667. The van der Waals surface area contributed by atoms with Crippen molar-refractivity contribution < 1.29 is 4.74 Å². The zero-order valence-electron chi connectivity index (χ0n) is 10.6. The number of aromatic nitrogens is 2. The largest absolute Gasteiger partial charge is 0.396 e. The van der Waals surface area contributed by atoms with Crippen molar-refractivity contribution in [1.29, 1.82) is 0 Å². The lowest BCUT2D eigenvalue weighted by molar-refractivity contribution is -0.0977. The molecule has 17 heavy (non-hydrogen) atoms. The molecule has 0 bridgehead atoms. The molecule has 1 aromatic rings. The molecule has 5 heteroatoms. The molecular formula is C12H20N4O. The minimum absolute atomic E-state index is 0.112. The Bertz CT molecular complexity index is 377. The summed E-state index contributed by atoms with van der Waals surface area (Å²) in [7, 11) is 0. The molecule has 0 saturated heterocycles. The Balaban J connectivity index is 1.95. The first kappa shape index (κ1) is 12.1.